The second-order valence-electron chi connectivity index (χ2n) is 2.83. The SMILES string of the molecule is NC(=O)CNC(=O)C1CC(=O)C1. The molecule has 0 aliphatic heterocycles. The van der Waals surface area contributed by atoms with Gasteiger partial charge in [0.1, 0.15) is 5.78 Å². The van der Waals surface area contributed by atoms with Crippen molar-refractivity contribution in [2.45, 2.75) is 12.8 Å². The molecule has 0 unspecified atom stereocenters. The molecule has 0 radical (unpaired) electrons. The topological polar surface area (TPSA) is 89.3 Å². The highest BCUT2D eigenvalue weighted by Gasteiger charge is 2.32. The van der Waals surface area contributed by atoms with Crippen LogP contribution in [0.15, 0.2) is 0 Å². The molecule has 1 aliphatic rings. The molecule has 66 valence electrons. The molecular weight excluding hydrogens is 160 g/mol. The maximum atomic E-state index is 11.0. The molecule has 5 nitrogen and oxygen atoms in total. The van der Waals surface area contributed by atoms with Crippen LogP contribution in [-0.4, -0.2) is 24.1 Å². The maximum absolute atomic E-state index is 11.0. The number of hydrogen-bond acceptors (Lipinski definition) is 3. The molecule has 3 N–H and O–H groups in total. The highest BCUT2D eigenvalue weighted by atomic mass is 16.2. The van der Waals surface area contributed by atoms with E-state index in [-0.39, 0.29) is 24.2 Å². The van der Waals surface area contributed by atoms with Gasteiger partial charge in [-0.3, -0.25) is 14.4 Å². The number of rotatable bonds is 3. The van der Waals surface area contributed by atoms with Gasteiger partial charge in [-0.15, -0.1) is 0 Å². The number of carbonyl (C=O) groups is 3. The minimum Gasteiger partial charge on any atom is -0.368 e. The van der Waals surface area contributed by atoms with E-state index in [0.717, 1.165) is 0 Å². The van der Waals surface area contributed by atoms with Crippen LogP contribution in [-0.2, 0) is 14.4 Å². The Morgan fingerprint density at radius 1 is 1.50 bits per heavy atom. The summed E-state index contributed by atoms with van der Waals surface area (Å²) in [6.45, 7) is -0.149. The van der Waals surface area contributed by atoms with E-state index in [1.807, 2.05) is 0 Å². The molecule has 0 atom stereocenters. The highest BCUT2D eigenvalue weighted by Crippen LogP contribution is 2.22. The second-order valence-corrected chi connectivity index (χ2v) is 2.83. The van der Waals surface area contributed by atoms with Crippen molar-refractivity contribution in [3.05, 3.63) is 0 Å². The van der Waals surface area contributed by atoms with Gasteiger partial charge in [-0.25, -0.2) is 0 Å². The normalized spacial score (nSPS) is 16.8. The van der Waals surface area contributed by atoms with Crippen LogP contribution in [0.2, 0.25) is 0 Å². The Hall–Kier alpha value is -1.39. The van der Waals surface area contributed by atoms with Gasteiger partial charge in [-0.05, 0) is 0 Å². The minimum atomic E-state index is -0.575. The summed E-state index contributed by atoms with van der Waals surface area (Å²) in [7, 11) is 0. The Bertz CT molecular complexity index is 229. The number of ketones is 1. The molecule has 0 saturated heterocycles. The fraction of sp³-hybridized carbons (Fsp3) is 0.571. The Morgan fingerprint density at radius 3 is 2.50 bits per heavy atom. The summed E-state index contributed by atoms with van der Waals surface area (Å²) in [4.78, 5) is 31.7. The van der Waals surface area contributed by atoms with Gasteiger partial charge in [0.2, 0.25) is 11.8 Å². The van der Waals surface area contributed by atoms with Crippen LogP contribution in [0.4, 0.5) is 0 Å². The van der Waals surface area contributed by atoms with E-state index in [9.17, 15) is 14.4 Å². The average Bonchev–Trinajstić information content (AvgIpc) is 1.94. The van der Waals surface area contributed by atoms with Crippen LogP contribution in [0.3, 0.4) is 0 Å². The van der Waals surface area contributed by atoms with Gasteiger partial charge < -0.3 is 11.1 Å². The minimum absolute atomic E-state index is 0.0919. The van der Waals surface area contributed by atoms with Crippen molar-refractivity contribution in [2.75, 3.05) is 6.54 Å². The van der Waals surface area contributed by atoms with Crippen molar-refractivity contribution in [1.82, 2.24) is 5.32 Å². The van der Waals surface area contributed by atoms with E-state index < -0.39 is 5.91 Å². The second kappa shape index (κ2) is 3.34. The number of primary amides is 1. The van der Waals surface area contributed by atoms with Gasteiger partial charge in [-0.1, -0.05) is 0 Å². The third kappa shape index (κ3) is 2.05. The van der Waals surface area contributed by atoms with Crippen LogP contribution in [0.25, 0.3) is 0 Å². The van der Waals surface area contributed by atoms with Crippen molar-refractivity contribution in [2.24, 2.45) is 11.7 Å². The summed E-state index contributed by atoms with van der Waals surface area (Å²) in [5, 5.41) is 2.34. The highest BCUT2D eigenvalue weighted by molar-refractivity contribution is 5.97. The van der Waals surface area contributed by atoms with E-state index in [1.54, 1.807) is 0 Å². The van der Waals surface area contributed by atoms with Gasteiger partial charge >= 0.3 is 0 Å². The van der Waals surface area contributed by atoms with E-state index in [2.05, 4.69) is 5.32 Å². The number of nitrogens with one attached hydrogen (secondary N) is 1. The Labute approximate surface area is 69.3 Å². The molecular formula is C7H10N2O3. The van der Waals surface area contributed by atoms with Gasteiger partial charge in [0.15, 0.2) is 0 Å². The zero-order valence-electron chi connectivity index (χ0n) is 6.50. The predicted molar refractivity (Wildman–Crippen MR) is 39.9 cm³/mol. The molecule has 5 heteroatoms. The molecule has 2 amide bonds. The van der Waals surface area contributed by atoms with Gasteiger partial charge in [0.05, 0.1) is 12.5 Å². The van der Waals surface area contributed by atoms with Gasteiger partial charge in [0.25, 0.3) is 0 Å². The smallest absolute Gasteiger partial charge is 0.236 e. The number of hydrogen-bond donors (Lipinski definition) is 2. The van der Waals surface area contributed by atoms with Crippen LogP contribution in [0.1, 0.15) is 12.8 Å². The van der Waals surface area contributed by atoms with Crippen molar-refractivity contribution < 1.29 is 14.4 Å². The molecule has 0 aromatic carbocycles. The molecule has 0 heterocycles. The summed E-state index contributed by atoms with van der Waals surface area (Å²) in [5.41, 5.74) is 4.81. The van der Waals surface area contributed by atoms with Crippen LogP contribution < -0.4 is 11.1 Å². The lowest BCUT2D eigenvalue weighted by Gasteiger charge is -2.22. The lowest BCUT2D eigenvalue weighted by molar-refractivity contribution is -0.138. The third-order valence-electron chi connectivity index (χ3n) is 1.76. The van der Waals surface area contributed by atoms with E-state index in [0.29, 0.717) is 12.8 Å². The van der Waals surface area contributed by atoms with Crippen LogP contribution in [0.5, 0.6) is 0 Å². The molecule has 1 saturated carbocycles. The lowest BCUT2D eigenvalue weighted by atomic mass is 9.83. The van der Waals surface area contributed by atoms with Crippen molar-refractivity contribution in [3.8, 4) is 0 Å². The largest absolute Gasteiger partial charge is 0.368 e. The van der Waals surface area contributed by atoms with Crippen molar-refractivity contribution in [1.29, 1.82) is 0 Å². The monoisotopic (exact) mass is 170 g/mol. The Morgan fingerprint density at radius 2 is 2.08 bits per heavy atom. The number of carbonyl (C=O) groups excluding carboxylic acids is 3. The quantitative estimate of drug-likeness (QED) is 0.544. The Balaban J connectivity index is 2.21. The van der Waals surface area contributed by atoms with Crippen molar-refractivity contribution >= 4 is 17.6 Å². The van der Waals surface area contributed by atoms with E-state index in [4.69, 9.17) is 5.73 Å². The fourth-order valence-corrected chi connectivity index (χ4v) is 0.994. The summed E-state index contributed by atoms with van der Waals surface area (Å²) >= 11 is 0. The van der Waals surface area contributed by atoms with Gasteiger partial charge in [-0.2, -0.15) is 0 Å². The van der Waals surface area contributed by atoms with E-state index >= 15 is 0 Å². The number of Topliss-reactive ketones (excluding diaryl/α,β-unsaturated/α-hetero) is 1. The molecule has 1 aliphatic carbocycles. The molecule has 0 spiro atoms. The number of nitrogens with two attached hydrogens (primary N) is 1. The van der Waals surface area contributed by atoms with Crippen LogP contribution >= 0.6 is 0 Å². The summed E-state index contributed by atoms with van der Waals surface area (Å²) in [6.07, 6.45) is 0.592. The first-order chi connectivity index (χ1) is 5.59. The fourth-order valence-electron chi connectivity index (χ4n) is 0.994. The molecule has 0 aromatic rings. The first-order valence-electron chi connectivity index (χ1n) is 3.67. The van der Waals surface area contributed by atoms with Crippen molar-refractivity contribution in [3.63, 3.8) is 0 Å². The summed E-state index contributed by atoms with van der Waals surface area (Å²) in [5.74, 6) is -0.978. The van der Waals surface area contributed by atoms with Crippen LogP contribution in [0, 0.1) is 5.92 Å². The molecule has 1 rings (SSSR count). The first kappa shape index (κ1) is 8.70. The van der Waals surface area contributed by atoms with E-state index in [1.165, 1.54) is 0 Å². The maximum Gasteiger partial charge on any atom is 0.236 e. The average molecular weight is 170 g/mol. The molecule has 12 heavy (non-hydrogen) atoms. The number of amides is 2. The molecule has 0 aromatic heterocycles. The lowest BCUT2D eigenvalue weighted by Crippen LogP contribution is -2.42. The third-order valence-corrected chi connectivity index (χ3v) is 1.76. The van der Waals surface area contributed by atoms with Gasteiger partial charge in [0, 0.05) is 12.8 Å². The molecule has 1 fully saturated rings. The Kier molecular flexibility index (Phi) is 2.42. The standard InChI is InChI=1S/C7H10N2O3/c8-6(11)3-9-7(12)4-1-5(10)2-4/h4H,1-3H2,(H2,8,11)(H,9,12). The summed E-state index contributed by atoms with van der Waals surface area (Å²) in [6, 6.07) is 0. The zero-order chi connectivity index (χ0) is 9.14. The zero-order valence-corrected chi connectivity index (χ0v) is 6.50. The predicted octanol–water partition coefficient (Wildman–Crippen LogP) is -1.43. The molecule has 0 bridgehead atoms. The summed E-state index contributed by atoms with van der Waals surface area (Å²) < 4.78 is 0. The first-order valence-corrected chi connectivity index (χ1v) is 3.67.